The molecule has 0 spiro atoms. The zero-order chi connectivity index (χ0) is 11.7. The van der Waals surface area contributed by atoms with Gasteiger partial charge in [-0.3, -0.25) is 0 Å². The summed E-state index contributed by atoms with van der Waals surface area (Å²) in [7, 11) is 1.59. The normalized spacial score (nSPS) is 10.5. The fourth-order valence-electron chi connectivity index (χ4n) is 1.54. The number of methoxy groups -OCH3 is 1. The van der Waals surface area contributed by atoms with E-state index in [1.165, 1.54) is 0 Å². The van der Waals surface area contributed by atoms with E-state index in [9.17, 15) is 0 Å². The molecule has 0 atom stereocenters. The van der Waals surface area contributed by atoms with Crippen molar-refractivity contribution in [2.45, 2.75) is 6.92 Å². The van der Waals surface area contributed by atoms with Crippen molar-refractivity contribution >= 4 is 23.2 Å². The van der Waals surface area contributed by atoms with E-state index in [4.69, 9.17) is 27.9 Å². The van der Waals surface area contributed by atoms with E-state index in [0.29, 0.717) is 16.1 Å². The van der Waals surface area contributed by atoms with Gasteiger partial charge in [0.15, 0.2) is 5.28 Å². The number of H-pyrrole nitrogens is 1. The number of aromatic amines is 1. The highest BCUT2D eigenvalue weighted by atomic mass is 35.5. The number of ether oxygens (including phenoxy) is 1. The van der Waals surface area contributed by atoms with Gasteiger partial charge in [0.05, 0.1) is 24.0 Å². The summed E-state index contributed by atoms with van der Waals surface area (Å²) in [5.74, 6) is 0.661. The summed E-state index contributed by atoms with van der Waals surface area (Å²) in [4.78, 5) is 6.89. The first-order valence-corrected chi connectivity index (χ1v) is 5.42. The Morgan fingerprint density at radius 2 is 2.06 bits per heavy atom. The van der Waals surface area contributed by atoms with Gasteiger partial charge in [-0.15, -0.1) is 0 Å². The molecule has 0 unspecified atom stereocenters. The fourth-order valence-corrected chi connectivity index (χ4v) is 1.93. The van der Waals surface area contributed by atoms with Crippen molar-refractivity contribution in [1.29, 1.82) is 0 Å². The van der Waals surface area contributed by atoms with Crippen molar-refractivity contribution in [2.75, 3.05) is 7.11 Å². The van der Waals surface area contributed by atoms with Crippen LogP contribution in [-0.4, -0.2) is 17.1 Å². The standard InChI is InChI=1S/C11H10Cl2N2O/c1-6-3-10(16-2)8(12)4-7(6)9-5-14-11(13)15-9/h3-5H,1-2H3,(H,14,15). The van der Waals surface area contributed by atoms with E-state index < -0.39 is 0 Å². The Morgan fingerprint density at radius 3 is 2.62 bits per heavy atom. The number of aryl methyl sites for hydroxylation is 1. The van der Waals surface area contributed by atoms with Crippen LogP contribution in [0.25, 0.3) is 11.3 Å². The third-order valence-electron chi connectivity index (χ3n) is 2.33. The number of aromatic nitrogens is 2. The lowest BCUT2D eigenvalue weighted by molar-refractivity contribution is 0.415. The second-order valence-electron chi connectivity index (χ2n) is 3.39. The molecule has 0 saturated heterocycles. The lowest BCUT2D eigenvalue weighted by Gasteiger charge is -2.08. The lowest BCUT2D eigenvalue weighted by atomic mass is 10.1. The topological polar surface area (TPSA) is 37.9 Å². The molecule has 0 saturated carbocycles. The quantitative estimate of drug-likeness (QED) is 0.890. The van der Waals surface area contributed by atoms with Crippen molar-refractivity contribution in [3.05, 3.63) is 34.2 Å². The molecule has 1 aromatic carbocycles. The van der Waals surface area contributed by atoms with Gasteiger partial charge in [-0.2, -0.15) is 0 Å². The molecule has 1 aromatic heterocycles. The molecule has 0 radical (unpaired) electrons. The van der Waals surface area contributed by atoms with Gasteiger partial charge in [0.1, 0.15) is 5.75 Å². The molecule has 3 nitrogen and oxygen atoms in total. The first kappa shape index (κ1) is 11.3. The van der Waals surface area contributed by atoms with E-state index >= 15 is 0 Å². The summed E-state index contributed by atoms with van der Waals surface area (Å²) in [5.41, 5.74) is 2.85. The van der Waals surface area contributed by atoms with Crippen LogP contribution in [0.5, 0.6) is 5.75 Å². The number of hydrogen-bond donors (Lipinski definition) is 1. The Hall–Kier alpha value is -1.19. The molecule has 5 heteroatoms. The number of hydrogen-bond acceptors (Lipinski definition) is 2. The summed E-state index contributed by atoms with van der Waals surface area (Å²) in [6.07, 6.45) is 1.67. The van der Waals surface area contributed by atoms with Gasteiger partial charge < -0.3 is 9.72 Å². The zero-order valence-electron chi connectivity index (χ0n) is 8.84. The molecule has 0 aliphatic rings. The highest BCUT2D eigenvalue weighted by molar-refractivity contribution is 6.32. The number of benzene rings is 1. The molecule has 16 heavy (non-hydrogen) atoms. The van der Waals surface area contributed by atoms with Crippen LogP contribution in [0.3, 0.4) is 0 Å². The maximum Gasteiger partial charge on any atom is 0.200 e. The van der Waals surface area contributed by atoms with Crippen molar-refractivity contribution in [2.24, 2.45) is 0 Å². The monoisotopic (exact) mass is 256 g/mol. The summed E-state index contributed by atoms with van der Waals surface area (Å²) in [6, 6.07) is 3.71. The number of imidazole rings is 1. The average molecular weight is 257 g/mol. The minimum atomic E-state index is 0.362. The Balaban J connectivity index is 2.54. The molecule has 2 rings (SSSR count). The second kappa shape index (κ2) is 4.36. The number of halogens is 2. The maximum absolute atomic E-state index is 6.07. The predicted octanol–water partition coefficient (Wildman–Crippen LogP) is 3.70. The minimum Gasteiger partial charge on any atom is -0.495 e. The van der Waals surface area contributed by atoms with Gasteiger partial charge in [-0.25, -0.2) is 4.98 Å². The molecule has 0 bridgehead atoms. The predicted molar refractivity (Wildman–Crippen MR) is 65.3 cm³/mol. The lowest BCUT2D eigenvalue weighted by Crippen LogP contribution is -1.89. The smallest absolute Gasteiger partial charge is 0.200 e. The van der Waals surface area contributed by atoms with Gasteiger partial charge in [-0.1, -0.05) is 11.6 Å². The van der Waals surface area contributed by atoms with Crippen LogP contribution in [-0.2, 0) is 0 Å². The Morgan fingerprint density at radius 1 is 1.31 bits per heavy atom. The summed E-state index contributed by atoms with van der Waals surface area (Å²) < 4.78 is 5.14. The van der Waals surface area contributed by atoms with Crippen molar-refractivity contribution in [1.82, 2.24) is 9.97 Å². The van der Waals surface area contributed by atoms with Gasteiger partial charge in [0, 0.05) is 5.56 Å². The molecule has 2 aromatic rings. The summed E-state index contributed by atoms with van der Waals surface area (Å²) in [5, 5.41) is 0.926. The molecule has 1 N–H and O–H groups in total. The molecule has 0 amide bonds. The van der Waals surface area contributed by atoms with Gasteiger partial charge in [0.2, 0.25) is 0 Å². The third kappa shape index (κ3) is 2.01. The van der Waals surface area contributed by atoms with Gasteiger partial charge in [-0.05, 0) is 36.2 Å². The third-order valence-corrected chi connectivity index (χ3v) is 2.82. The highest BCUT2D eigenvalue weighted by Gasteiger charge is 2.09. The molecule has 0 aliphatic carbocycles. The molecule has 84 valence electrons. The number of rotatable bonds is 2. The molecule has 0 aliphatic heterocycles. The van der Waals surface area contributed by atoms with Crippen LogP contribution >= 0.6 is 23.2 Å². The van der Waals surface area contributed by atoms with Crippen LogP contribution in [0, 0.1) is 6.92 Å². The molecule has 1 heterocycles. The minimum absolute atomic E-state index is 0.362. The van der Waals surface area contributed by atoms with Gasteiger partial charge in [0.25, 0.3) is 0 Å². The van der Waals surface area contributed by atoms with Crippen LogP contribution in [0.2, 0.25) is 10.3 Å². The van der Waals surface area contributed by atoms with Crippen LogP contribution in [0.4, 0.5) is 0 Å². The fraction of sp³-hybridized carbons (Fsp3) is 0.182. The highest BCUT2D eigenvalue weighted by Crippen LogP contribution is 2.32. The maximum atomic E-state index is 6.07. The zero-order valence-corrected chi connectivity index (χ0v) is 10.4. The van der Waals surface area contributed by atoms with E-state index in [1.807, 2.05) is 19.1 Å². The first-order valence-electron chi connectivity index (χ1n) is 4.67. The SMILES string of the molecule is COc1cc(C)c(-c2cnc(Cl)[nH]2)cc1Cl. The van der Waals surface area contributed by atoms with Gasteiger partial charge >= 0.3 is 0 Å². The Bertz CT molecular complexity index is 523. The molecule has 0 fully saturated rings. The van der Waals surface area contributed by atoms with E-state index in [1.54, 1.807) is 13.3 Å². The Kier molecular flexibility index (Phi) is 3.08. The van der Waals surface area contributed by atoms with Crippen LogP contribution in [0.1, 0.15) is 5.56 Å². The molecular formula is C11H10Cl2N2O. The van der Waals surface area contributed by atoms with E-state index in [-0.39, 0.29) is 0 Å². The van der Waals surface area contributed by atoms with Crippen molar-refractivity contribution in [3.8, 4) is 17.0 Å². The van der Waals surface area contributed by atoms with Crippen molar-refractivity contribution < 1.29 is 4.74 Å². The molecular weight excluding hydrogens is 247 g/mol. The number of nitrogens with zero attached hydrogens (tertiary/aromatic N) is 1. The second-order valence-corrected chi connectivity index (χ2v) is 4.15. The van der Waals surface area contributed by atoms with Crippen molar-refractivity contribution in [3.63, 3.8) is 0 Å². The Labute approximate surface area is 103 Å². The van der Waals surface area contributed by atoms with Crippen LogP contribution < -0.4 is 4.74 Å². The van der Waals surface area contributed by atoms with E-state index in [2.05, 4.69) is 9.97 Å². The summed E-state index contributed by atoms with van der Waals surface area (Å²) in [6.45, 7) is 1.98. The summed E-state index contributed by atoms with van der Waals surface area (Å²) >= 11 is 11.8. The first-order chi connectivity index (χ1) is 7.61. The van der Waals surface area contributed by atoms with E-state index in [0.717, 1.165) is 16.8 Å². The number of nitrogens with one attached hydrogen (secondary N) is 1. The largest absolute Gasteiger partial charge is 0.495 e. The van der Waals surface area contributed by atoms with Crippen LogP contribution in [0.15, 0.2) is 18.3 Å². The average Bonchev–Trinajstić information content (AvgIpc) is 2.67.